The molecule has 2 fully saturated rings. The van der Waals surface area contributed by atoms with Crippen LogP contribution in [0.4, 0.5) is 0 Å². The van der Waals surface area contributed by atoms with Gasteiger partial charge in [-0.05, 0) is 37.8 Å². The van der Waals surface area contributed by atoms with Gasteiger partial charge in [-0.15, -0.1) is 0 Å². The third-order valence-electron chi connectivity index (χ3n) is 3.01. The van der Waals surface area contributed by atoms with Gasteiger partial charge in [0.05, 0.1) is 0 Å². The zero-order chi connectivity index (χ0) is 8.55. The SMILES string of the molecule is CC(=O)N[C@H]1[C@@H]2CCNCC[C@@H]21. The molecule has 1 saturated carbocycles. The van der Waals surface area contributed by atoms with Gasteiger partial charge in [0.1, 0.15) is 0 Å². The highest BCUT2D eigenvalue weighted by molar-refractivity contribution is 5.73. The van der Waals surface area contributed by atoms with Crippen molar-refractivity contribution in [1.29, 1.82) is 0 Å². The maximum atomic E-state index is 10.8. The number of hydrogen-bond acceptors (Lipinski definition) is 2. The minimum absolute atomic E-state index is 0.126. The summed E-state index contributed by atoms with van der Waals surface area (Å²) in [6.45, 7) is 3.85. The van der Waals surface area contributed by atoms with E-state index >= 15 is 0 Å². The molecule has 2 aliphatic rings. The molecule has 0 aromatic rings. The Morgan fingerprint density at radius 1 is 1.33 bits per heavy atom. The molecule has 3 atom stereocenters. The van der Waals surface area contributed by atoms with E-state index in [0.717, 1.165) is 24.9 Å². The zero-order valence-electron chi connectivity index (χ0n) is 7.47. The molecule has 2 N–H and O–H groups in total. The second-order valence-corrected chi connectivity index (χ2v) is 3.88. The summed E-state index contributed by atoms with van der Waals surface area (Å²) in [6.07, 6.45) is 2.46. The lowest BCUT2D eigenvalue weighted by Gasteiger charge is -2.04. The molecular weight excluding hydrogens is 152 g/mol. The summed E-state index contributed by atoms with van der Waals surface area (Å²) in [6, 6.07) is 0.504. The maximum absolute atomic E-state index is 10.8. The molecule has 3 heteroatoms. The van der Waals surface area contributed by atoms with Crippen molar-refractivity contribution in [3.63, 3.8) is 0 Å². The summed E-state index contributed by atoms with van der Waals surface area (Å²) in [4.78, 5) is 10.8. The van der Waals surface area contributed by atoms with Crippen molar-refractivity contribution >= 4 is 5.91 Å². The van der Waals surface area contributed by atoms with Gasteiger partial charge in [0, 0.05) is 13.0 Å². The molecular formula is C9H16N2O. The number of nitrogens with one attached hydrogen (secondary N) is 2. The Kier molecular flexibility index (Phi) is 2.05. The summed E-state index contributed by atoms with van der Waals surface area (Å²) in [5, 5.41) is 6.39. The van der Waals surface area contributed by atoms with E-state index in [1.807, 2.05) is 0 Å². The van der Waals surface area contributed by atoms with Crippen LogP contribution in [0.1, 0.15) is 19.8 Å². The molecule has 1 heterocycles. The van der Waals surface area contributed by atoms with Crippen molar-refractivity contribution in [2.24, 2.45) is 11.8 Å². The summed E-state index contributed by atoms with van der Waals surface area (Å²) < 4.78 is 0. The minimum atomic E-state index is 0.126. The van der Waals surface area contributed by atoms with Crippen LogP contribution in [0.15, 0.2) is 0 Å². The summed E-state index contributed by atoms with van der Waals surface area (Å²) in [5.74, 6) is 1.66. The molecule has 1 amide bonds. The summed E-state index contributed by atoms with van der Waals surface area (Å²) in [7, 11) is 0. The van der Waals surface area contributed by atoms with Gasteiger partial charge in [-0.25, -0.2) is 0 Å². The van der Waals surface area contributed by atoms with Crippen molar-refractivity contribution in [3.05, 3.63) is 0 Å². The molecule has 1 aliphatic heterocycles. The van der Waals surface area contributed by atoms with Crippen molar-refractivity contribution in [3.8, 4) is 0 Å². The molecule has 1 saturated heterocycles. The Morgan fingerprint density at radius 2 is 1.92 bits per heavy atom. The maximum Gasteiger partial charge on any atom is 0.217 e. The Balaban J connectivity index is 1.85. The molecule has 0 unspecified atom stereocenters. The number of fused-ring (bicyclic) bond motifs is 1. The van der Waals surface area contributed by atoms with E-state index in [-0.39, 0.29) is 5.91 Å². The first-order chi connectivity index (χ1) is 5.79. The van der Waals surface area contributed by atoms with E-state index < -0.39 is 0 Å². The molecule has 1 aliphatic carbocycles. The van der Waals surface area contributed by atoms with Crippen LogP contribution < -0.4 is 10.6 Å². The van der Waals surface area contributed by atoms with Crippen LogP contribution in [-0.2, 0) is 4.79 Å². The fraction of sp³-hybridized carbons (Fsp3) is 0.889. The molecule has 68 valence electrons. The van der Waals surface area contributed by atoms with Gasteiger partial charge in [-0.1, -0.05) is 0 Å². The average Bonchev–Trinajstić information content (AvgIpc) is 2.66. The third kappa shape index (κ3) is 1.46. The largest absolute Gasteiger partial charge is 0.353 e. The fourth-order valence-electron chi connectivity index (χ4n) is 2.34. The van der Waals surface area contributed by atoms with Gasteiger partial charge in [0.2, 0.25) is 5.91 Å². The van der Waals surface area contributed by atoms with E-state index in [4.69, 9.17) is 0 Å². The van der Waals surface area contributed by atoms with Crippen LogP contribution in [0.3, 0.4) is 0 Å². The van der Waals surface area contributed by atoms with Gasteiger partial charge < -0.3 is 10.6 Å². The Bertz CT molecular complexity index is 181. The van der Waals surface area contributed by atoms with E-state index in [0.29, 0.717) is 6.04 Å². The summed E-state index contributed by atoms with van der Waals surface area (Å²) >= 11 is 0. The predicted octanol–water partition coefficient (Wildman–Crippen LogP) is 0.120. The first-order valence-corrected chi connectivity index (χ1v) is 4.77. The quantitative estimate of drug-likeness (QED) is 0.584. The van der Waals surface area contributed by atoms with Crippen molar-refractivity contribution in [1.82, 2.24) is 10.6 Å². The lowest BCUT2D eigenvalue weighted by atomic mass is 10.2. The smallest absolute Gasteiger partial charge is 0.217 e. The first kappa shape index (κ1) is 8.05. The van der Waals surface area contributed by atoms with Crippen molar-refractivity contribution in [2.45, 2.75) is 25.8 Å². The number of hydrogen-bond donors (Lipinski definition) is 2. The monoisotopic (exact) mass is 168 g/mol. The van der Waals surface area contributed by atoms with Gasteiger partial charge in [-0.3, -0.25) is 4.79 Å². The highest BCUT2D eigenvalue weighted by atomic mass is 16.1. The van der Waals surface area contributed by atoms with Crippen molar-refractivity contribution in [2.75, 3.05) is 13.1 Å². The zero-order valence-corrected chi connectivity index (χ0v) is 7.47. The highest BCUT2D eigenvalue weighted by Crippen LogP contribution is 2.44. The topological polar surface area (TPSA) is 41.1 Å². The molecule has 12 heavy (non-hydrogen) atoms. The normalized spacial score (nSPS) is 39.6. The molecule has 2 rings (SSSR count). The molecule has 0 spiro atoms. The van der Waals surface area contributed by atoms with E-state index in [1.165, 1.54) is 12.8 Å². The first-order valence-electron chi connectivity index (χ1n) is 4.77. The molecule has 0 bridgehead atoms. The Labute approximate surface area is 72.9 Å². The summed E-state index contributed by atoms with van der Waals surface area (Å²) in [5.41, 5.74) is 0. The predicted molar refractivity (Wildman–Crippen MR) is 46.7 cm³/mol. The number of carbonyl (C=O) groups is 1. The lowest BCUT2D eigenvalue weighted by Crippen LogP contribution is -2.27. The van der Waals surface area contributed by atoms with Crippen LogP contribution in [0.5, 0.6) is 0 Å². The van der Waals surface area contributed by atoms with Gasteiger partial charge in [0.15, 0.2) is 0 Å². The number of amides is 1. The van der Waals surface area contributed by atoms with E-state index in [2.05, 4.69) is 10.6 Å². The molecule has 3 nitrogen and oxygen atoms in total. The van der Waals surface area contributed by atoms with Gasteiger partial charge in [0.25, 0.3) is 0 Å². The average molecular weight is 168 g/mol. The lowest BCUT2D eigenvalue weighted by molar-refractivity contribution is -0.119. The van der Waals surface area contributed by atoms with Crippen LogP contribution in [-0.4, -0.2) is 25.0 Å². The second kappa shape index (κ2) is 3.05. The van der Waals surface area contributed by atoms with Gasteiger partial charge >= 0.3 is 0 Å². The molecule has 0 radical (unpaired) electrons. The number of carbonyl (C=O) groups excluding carboxylic acids is 1. The van der Waals surface area contributed by atoms with Crippen molar-refractivity contribution < 1.29 is 4.79 Å². The van der Waals surface area contributed by atoms with Crippen LogP contribution >= 0.6 is 0 Å². The standard InChI is InChI=1S/C9H16N2O/c1-6(12)11-9-7-2-4-10-5-3-8(7)9/h7-10H,2-5H2,1H3,(H,11,12)/t7-,8+,9+. The Hall–Kier alpha value is -0.570. The second-order valence-electron chi connectivity index (χ2n) is 3.88. The van der Waals surface area contributed by atoms with E-state index in [9.17, 15) is 4.79 Å². The molecule has 0 aromatic carbocycles. The van der Waals surface area contributed by atoms with Gasteiger partial charge in [-0.2, -0.15) is 0 Å². The Morgan fingerprint density at radius 3 is 2.42 bits per heavy atom. The fourth-order valence-corrected chi connectivity index (χ4v) is 2.34. The highest BCUT2D eigenvalue weighted by Gasteiger charge is 2.49. The van der Waals surface area contributed by atoms with Crippen LogP contribution in [0, 0.1) is 11.8 Å². The minimum Gasteiger partial charge on any atom is -0.353 e. The number of rotatable bonds is 1. The van der Waals surface area contributed by atoms with Crippen LogP contribution in [0.25, 0.3) is 0 Å². The van der Waals surface area contributed by atoms with E-state index in [1.54, 1.807) is 6.92 Å². The van der Waals surface area contributed by atoms with Crippen LogP contribution in [0.2, 0.25) is 0 Å². The molecule has 0 aromatic heterocycles. The third-order valence-corrected chi connectivity index (χ3v) is 3.01.